The average Bonchev–Trinajstić information content (AvgIpc) is 3.13. The first-order valence-electron chi connectivity index (χ1n) is 10.4. The Hall–Kier alpha value is -3.94. The first-order valence-corrected chi connectivity index (χ1v) is 10.4. The van der Waals surface area contributed by atoms with Gasteiger partial charge < -0.3 is 10.6 Å². The minimum atomic E-state index is -1.20. The monoisotopic (exact) mass is 431 g/mol. The highest BCUT2D eigenvalue weighted by Crippen LogP contribution is 2.33. The number of rotatable bonds is 5. The van der Waals surface area contributed by atoms with Gasteiger partial charge in [-0.2, -0.15) is 5.10 Å². The molecule has 2 heterocycles. The Morgan fingerprint density at radius 3 is 2.44 bits per heavy atom. The summed E-state index contributed by atoms with van der Waals surface area (Å²) in [6.45, 7) is 5.56. The van der Waals surface area contributed by atoms with Crippen molar-refractivity contribution < 1.29 is 14.4 Å². The second-order valence-corrected chi connectivity index (χ2v) is 8.14. The number of nitrogens with one attached hydrogen (secondary N) is 2. The first-order chi connectivity index (χ1) is 15.3. The van der Waals surface area contributed by atoms with Gasteiger partial charge in [0.1, 0.15) is 11.2 Å². The Morgan fingerprint density at radius 2 is 1.78 bits per heavy atom. The normalized spacial score (nSPS) is 17.6. The van der Waals surface area contributed by atoms with Crippen molar-refractivity contribution in [3.05, 3.63) is 77.6 Å². The van der Waals surface area contributed by atoms with Crippen LogP contribution in [0.1, 0.15) is 35.6 Å². The summed E-state index contributed by atoms with van der Waals surface area (Å²) in [5.74, 6) is -0.766. The molecule has 1 aliphatic rings. The molecule has 0 fully saturated rings. The van der Waals surface area contributed by atoms with Crippen LogP contribution in [0.15, 0.2) is 60.7 Å². The van der Waals surface area contributed by atoms with E-state index < -0.39 is 5.54 Å². The molecule has 1 aromatic heterocycles. The number of benzene rings is 2. The fourth-order valence-electron chi connectivity index (χ4n) is 3.98. The van der Waals surface area contributed by atoms with Crippen LogP contribution in [0.5, 0.6) is 0 Å². The Morgan fingerprint density at radius 1 is 1.09 bits per heavy atom. The van der Waals surface area contributed by atoms with Crippen molar-refractivity contribution in [1.82, 2.24) is 15.1 Å². The molecule has 8 nitrogen and oxygen atoms in total. The van der Waals surface area contributed by atoms with Gasteiger partial charge in [0.2, 0.25) is 11.8 Å². The van der Waals surface area contributed by atoms with Gasteiger partial charge in [0, 0.05) is 24.8 Å². The summed E-state index contributed by atoms with van der Waals surface area (Å²) in [6, 6.07) is 18.2. The zero-order chi connectivity index (χ0) is 22.9. The molecule has 0 spiro atoms. The summed E-state index contributed by atoms with van der Waals surface area (Å²) in [5, 5.41) is 10.1. The first kappa shape index (κ1) is 21.3. The molecule has 0 bridgehead atoms. The summed E-state index contributed by atoms with van der Waals surface area (Å²) in [4.78, 5) is 39.8. The van der Waals surface area contributed by atoms with Crippen LogP contribution in [0.2, 0.25) is 0 Å². The van der Waals surface area contributed by atoms with Gasteiger partial charge >= 0.3 is 0 Å². The van der Waals surface area contributed by atoms with Gasteiger partial charge in [-0.05, 0) is 49.7 Å². The van der Waals surface area contributed by atoms with E-state index in [1.807, 2.05) is 37.3 Å². The van der Waals surface area contributed by atoms with E-state index in [2.05, 4.69) is 15.7 Å². The quantitative estimate of drug-likeness (QED) is 0.649. The molecule has 1 unspecified atom stereocenters. The number of aromatic nitrogens is 2. The van der Waals surface area contributed by atoms with Crippen molar-refractivity contribution >= 4 is 29.1 Å². The van der Waals surface area contributed by atoms with Crippen LogP contribution in [-0.4, -0.2) is 33.0 Å². The topological polar surface area (TPSA) is 96.3 Å². The molecule has 2 aromatic carbocycles. The molecular formula is C24H25N5O3. The number of carbonyl (C=O) groups excluding carboxylic acids is 3. The van der Waals surface area contributed by atoms with Crippen LogP contribution in [0, 0.1) is 6.92 Å². The molecule has 2 N–H and O–H groups in total. The van der Waals surface area contributed by atoms with Crippen molar-refractivity contribution in [2.45, 2.75) is 39.4 Å². The van der Waals surface area contributed by atoms with E-state index in [9.17, 15) is 14.4 Å². The number of aryl methyl sites for hydroxylation is 1. The van der Waals surface area contributed by atoms with Crippen LogP contribution in [0.4, 0.5) is 11.4 Å². The number of amides is 3. The summed E-state index contributed by atoms with van der Waals surface area (Å²) >= 11 is 0. The third-order valence-corrected chi connectivity index (χ3v) is 5.51. The molecule has 1 aliphatic heterocycles. The summed E-state index contributed by atoms with van der Waals surface area (Å²) in [5.41, 5.74) is 2.08. The van der Waals surface area contributed by atoms with E-state index >= 15 is 0 Å². The zero-order valence-corrected chi connectivity index (χ0v) is 18.3. The molecule has 0 aliphatic carbocycles. The number of hydrogen-bond acceptors (Lipinski definition) is 4. The van der Waals surface area contributed by atoms with Gasteiger partial charge in [0.25, 0.3) is 5.91 Å². The lowest BCUT2D eigenvalue weighted by Crippen LogP contribution is -2.64. The number of anilines is 2. The highest BCUT2D eigenvalue weighted by Gasteiger charge is 2.48. The van der Waals surface area contributed by atoms with Gasteiger partial charge in [0.05, 0.1) is 12.2 Å². The lowest BCUT2D eigenvalue weighted by atomic mass is 9.93. The van der Waals surface area contributed by atoms with Crippen LogP contribution in [0.3, 0.4) is 0 Å². The maximum Gasteiger partial charge on any atom is 0.277 e. The summed E-state index contributed by atoms with van der Waals surface area (Å²) in [7, 11) is 0. The Kier molecular flexibility index (Phi) is 5.52. The van der Waals surface area contributed by atoms with E-state index in [4.69, 9.17) is 0 Å². The molecule has 3 aromatic rings. The zero-order valence-electron chi connectivity index (χ0n) is 18.3. The molecule has 0 saturated heterocycles. The maximum absolute atomic E-state index is 13.5. The van der Waals surface area contributed by atoms with E-state index in [-0.39, 0.29) is 24.3 Å². The second kappa shape index (κ2) is 8.30. The van der Waals surface area contributed by atoms with E-state index in [0.717, 1.165) is 5.56 Å². The van der Waals surface area contributed by atoms with Gasteiger partial charge in [-0.15, -0.1) is 0 Å². The van der Waals surface area contributed by atoms with Gasteiger partial charge in [-0.3, -0.25) is 24.0 Å². The highest BCUT2D eigenvalue weighted by molar-refractivity contribution is 6.11. The summed E-state index contributed by atoms with van der Waals surface area (Å²) in [6.07, 6.45) is 0. The molecule has 164 valence electrons. The predicted molar refractivity (Wildman–Crippen MR) is 121 cm³/mol. The average molecular weight is 431 g/mol. The van der Waals surface area contributed by atoms with Crippen molar-refractivity contribution in [2.24, 2.45) is 0 Å². The van der Waals surface area contributed by atoms with E-state index in [1.54, 1.807) is 41.9 Å². The molecule has 4 rings (SSSR count). The fraction of sp³-hybridized carbons (Fsp3) is 0.250. The molecule has 8 heteroatoms. The standard InChI is InChI=1S/C24H25N5O3/c1-16-13-21-22(31)29(20-11-9-19(10-12-20)26-17(2)30)24(3,15-28(21)27-16)23(32)25-14-18-7-5-4-6-8-18/h4-13H,14-15H2,1-3H3,(H,25,32)(H,26,30). The lowest BCUT2D eigenvalue weighted by molar-refractivity contribution is -0.126. The third-order valence-electron chi connectivity index (χ3n) is 5.51. The van der Waals surface area contributed by atoms with E-state index in [1.165, 1.54) is 11.8 Å². The van der Waals surface area contributed by atoms with Crippen LogP contribution in [-0.2, 0) is 22.7 Å². The number of nitrogens with zero attached hydrogens (tertiary/aromatic N) is 3. The number of fused-ring (bicyclic) bond motifs is 1. The van der Waals surface area contributed by atoms with Crippen molar-refractivity contribution in [3.63, 3.8) is 0 Å². The highest BCUT2D eigenvalue weighted by atomic mass is 16.2. The van der Waals surface area contributed by atoms with Gasteiger partial charge in [0.15, 0.2) is 0 Å². The molecule has 32 heavy (non-hydrogen) atoms. The minimum absolute atomic E-state index is 0.184. The number of hydrogen-bond donors (Lipinski definition) is 2. The molecule has 1 atom stereocenters. The SMILES string of the molecule is CC(=O)Nc1ccc(N2C(=O)c3cc(C)nn3CC2(C)C(=O)NCc2ccccc2)cc1. The molecule has 0 radical (unpaired) electrons. The molecule has 3 amide bonds. The van der Waals surface area contributed by atoms with E-state index in [0.29, 0.717) is 29.3 Å². The lowest BCUT2D eigenvalue weighted by Gasteiger charge is -2.43. The maximum atomic E-state index is 13.5. The van der Waals surface area contributed by atoms with Crippen molar-refractivity contribution in [2.75, 3.05) is 10.2 Å². The predicted octanol–water partition coefficient (Wildman–Crippen LogP) is 2.89. The van der Waals surface area contributed by atoms with Crippen molar-refractivity contribution in [3.8, 4) is 0 Å². The Balaban J connectivity index is 1.69. The fourth-order valence-corrected chi connectivity index (χ4v) is 3.98. The molecular weight excluding hydrogens is 406 g/mol. The van der Waals surface area contributed by atoms with Crippen molar-refractivity contribution in [1.29, 1.82) is 0 Å². The number of carbonyl (C=O) groups is 3. The van der Waals surface area contributed by atoms with Crippen LogP contribution < -0.4 is 15.5 Å². The Labute approximate surface area is 186 Å². The smallest absolute Gasteiger partial charge is 0.277 e. The van der Waals surface area contributed by atoms with Gasteiger partial charge in [-0.1, -0.05) is 30.3 Å². The largest absolute Gasteiger partial charge is 0.350 e. The van der Waals surface area contributed by atoms with Crippen LogP contribution >= 0.6 is 0 Å². The second-order valence-electron chi connectivity index (χ2n) is 8.14. The molecule has 0 saturated carbocycles. The Bertz CT molecular complexity index is 1170. The summed E-state index contributed by atoms with van der Waals surface area (Å²) < 4.78 is 1.60. The van der Waals surface area contributed by atoms with Gasteiger partial charge in [-0.25, -0.2) is 0 Å². The van der Waals surface area contributed by atoms with Crippen LogP contribution in [0.25, 0.3) is 0 Å². The minimum Gasteiger partial charge on any atom is -0.350 e. The third kappa shape index (κ3) is 3.99.